The van der Waals surface area contributed by atoms with Crippen molar-refractivity contribution in [1.82, 2.24) is 0 Å². The molecule has 0 amide bonds. The maximum atomic E-state index is 10.1. The van der Waals surface area contributed by atoms with Crippen LogP contribution in [-0.2, 0) is 0 Å². The summed E-state index contributed by atoms with van der Waals surface area (Å²) in [5.41, 5.74) is 6.53. The molecule has 0 aromatic heterocycles. The Morgan fingerprint density at radius 1 is 1.38 bits per heavy atom. The van der Waals surface area contributed by atoms with Crippen molar-refractivity contribution >= 4 is 27.5 Å². The maximum Gasteiger partial charge on any atom is 0.0781 e. The number of hydrogen-bond donors (Lipinski definition) is 2. The molecule has 0 saturated heterocycles. The van der Waals surface area contributed by atoms with Crippen molar-refractivity contribution in [2.45, 2.75) is 32.9 Å². The predicted molar refractivity (Wildman–Crippen MR) is 71.5 cm³/mol. The zero-order valence-corrected chi connectivity index (χ0v) is 12.0. The van der Waals surface area contributed by atoms with Gasteiger partial charge in [-0.3, -0.25) is 0 Å². The fraction of sp³-hybridized carbons (Fsp3) is 0.500. The Kier molecular flexibility index (Phi) is 4.41. The van der Waals surface area contributed by atoms with Crippen LogP contribution in [0.15, 0.2) is 22.7 Å². The fourth-order valence-electron chi connectivity index (χ4n) is 1.48. The molecule has 0 radical (unpaired) electrons. The molecule has 0 heterocycles. The molecule has 0 saturated carbocycles. The van der Waals surface area contributed by atoms with Crippen LogP contribution < -0.4 is 5.73 Å². The summed E-state index contributed by atoms with van der Waals surface area (Å²) in [7, 11) is 0. The van der Waals surface area contributed by atoms with Gasteiger partial charge in [-0.15, -0.1) is 0 Å². The largest absolute Gasteiger partial charge is 0.391 e. The lowest BCUT2D eigenvalue weighted by molar-refractivity contribution is 0.0401. The quantitative estimate of drug-likeness (QED) is 0.878. The summed E-state index contributed by atoms with van der Waals surface area (Å²) < 4.78 is 0.906. The molecule has 1 rings (SSSR count). The predicted octanol–water partition coefficient (Wildman–Crippen LogP) is 3.51. The summed E-state index contributed by atoms with van der Waals surface area (Å²) in [6.45, 7) is 5.84. The second kappa shape index (κ2) is 5.05. The Bertz CT molecular complexity index is 376. The van der Waals surface area contributed by atoms with E-state index in [1.54, 1.807) is 6.07 Å². The monoisotopic (exact) mass is 305 g/mol. The van der Waals surface area contributed by atoms with E-state index in [2.05, 4.69) is 15.9 Å². The molecule has 0 unspecified atom stereocenters. The SMILES string of the molecule is CC(C)(C)[C@@H](O)[C@@H](N)c1cc(Br)ccc1Cl. The third kappa shape index (κ3) is 3.20. The minimum absolute atomic E-state index is 0.273. The van der Waals surface area contributed by atoms with E-state index in [1.165, 1.54) is 0 Å². The van der Waals surface area contributed by atoms with E-state index in [0.29, 0.717) is 5.02 Å². The van der Waals surface area contributed by atoms with Crippen LogP contribution in [0, 0.1) is 5.41 Å². The Labute approximate surface area is 110 Å². The lowest BCUT2D eigenvalue weighted by atomic mass is 9.82. The first-order valence-electron chi connectivity index (χ1n) is 5.12. The lowest BCUT2D eigenvalue weighted by Crippen LogP contribution is -2.37. The van der Waals surface area contributed by atoms with Crippen LogP contribution in [-0.4, -0.2) is 11.2 Å². The molecule has 3 N–H and O–H groups in total. The maximum absolute atomic E-state index is 10.1. The molecule has 16 heavy (non-hydrogen) atoms. The zero-order valence-electron chi connectivity index (χ0n) is 9.67. The van der Waals surface area contributed by atoms with Gasteiger partial charge >= 0.3 is 0 Å². The topological polar surface area (TPSA) is 46.2 Å². The van der Waals surface area contributed by atoms with Crippen molar-refractivity contribution in [1.29, 1.82) is 0 Å². The Morgan fingerprint density at radius 3 is 2.44 bits per heavy atom. The highest BCUT2D eigenvalue weighted by Gasteiger charge is 2.30. The Hall–Kier alpha value is -0.0900. The van der Waals surface area contributed by atoms with E-state index in [-0.39, 0.29) is 5.41 Å². The van der Waals surface area contributed by atoms with Gasteiger partial charge in [0, 0.05) is 9.50 Å². The van der Waals surface area contributed by atoms with Crippen LogP contribution in [0.5, 0.6) is 0 Å². The molecule has 1 aromatic rings. The summed E-state index contributed by atoms with van der Waals surface area (Å²) in [6.07, 6.45) is -0.640. The summed E-state index contributed by atoms with van der Waals surface area (Å²) in [5, 5.41) is 10.7. The zero-order chi connectivity index (χ0) is 12.5. The fourth-order valence-corrected chi connectivity index (χ4v) is 2.10. The number of benzene rings is 1. The van der Waals surface area contributed by atoms with Gasteiger partial charge in [0.1, 0.15) is 0 Å². The van der Waals surface area contributed by atoms with E-state index < -0.39 is 12.1 Å². The molecular formula is C12H17BrClNO. The van der Waals surface area contributed by atoms with Crippen molar-refractivity contribution in [2.75, 3.05) is 0 Å². The van der Waals surface area contributed by atoms with Gasteiger partial charge in [-0.25, -0.2) is 0 Å². The Morgan fingerprint density at radius 2 is 1.94 bits per heavy atom. The molecule has 4 heteroatoms. The van der Waals surface area contributed by atoms with Gasteiger partial charge < -0.3 is 10.8 Å². The highest BCUT2D eigenvalue weighted by atomic mass is 79.9. The third-order valence-corrected chi connectivity index (χ3v) is 3.38. The van der Waals surface area contributed by atoms with E-state index >= 15 is 0 Å². The van der Waals surface area contributed by atoms with Gasteiger partial charge in [-0.05, 0) is 29.2 Å². The molecule has 0 fully saturated rings. The molecule has 2 atom stereocenters. The Balaban J connectivity index is 3.05. The van der Waals surface area contributed by atoms with Crippen LogP contribution in [0.3, 0.4) is 0 Å². The summed E-state index contributed by atoms with van der Waals surface area (Å²) in [5.74, 6) is 0. The molecule has 2 nitrogen and oxygen atoms in total. The first-order valence-corrected chi connectivity index (χ1v) is 6.29. The highest BCUT2D eigenvalue weighted by Crippen LogP contribution is 2.33. The van der Waals surface area contributed by atoms with Gasteiger partial charge in [-0.2, -0.15) is 0 Å². The van der Waals surface area contributed by atoms with Gasteiger partial charge in [-0.1, -0.05) is 48.3 Å². The van der Waals surface area contributed by atoms with Gasteiger partial charge in [0.25, 0.3) is 0 Å². The van der Waals surface area contributed by atoms with Crippen molar-refractivity contribution in [2.24, 2.45) is 11.1 Å². The van der Waals surface area contributed by atoms with Gasteiger partial charge in [0.2, 0.25) is 0 Å². The van der Waals surface area contributed by atoms with Crippen LogP contribution in [0.1, 0.15) is 32.4 Å². The summed E-state index contributed by atoms with van der Waals surface area (Å²) in [4.78, 5) is 0. The standard InChI is InChI=1S/C12H17BrClNO/c1-12(2,3)11(16)10(15)8-6-7(13)4-5-9(8)14/h4-6,10-11,16H,15H2,1-3H3/t10-,11-/m0/s1. The molecule has 0 bridgehead atoms. The highest BCUT2D eigenvalue weighted by molar-refractivity contribution is 9.10. The van der Waals surface area contributed by atoms with Crippen molar-refractivity contribution < 1.29 is 5.11 Å². The molecule has 0 aliphatic carbocycles. The van der Waals surface area contributed by atoms with Gasteiger partial charge in [0.05, 0.1) is 12.1 Å². The smallest absolute Gasteiger partial charge is 0.0781 e. The van der Waals surface area contributed by atoms with E-state index in [1.807, 2.05) is 32.9 Å². The molecule has 0 aliphatic heterocycles. The number of hydrogen-bond acceptors (Lipinski definition) is 2. The second-order valence-electron chi connectivity index (χ2n) is 5.00. The first kappa shape index (κ1) is 14.0. The molecule has 1 aromatic carbocycles. The number of aliphatic hydroxyl groups excluding tert-OH is 1. The number of rotatable bonds is 2. The van der Waals surface area contributed by atoms with Crippen LogP contribution in [0.4, 0.5) is 0 Å². The van der Waals surface area contributed by atoms with Crippen molar-refractivity contribution in [3.63, 3.8) is 0 Å². The van der Waals surface area contributed by atoms with Crippen molar-refractivity contribution in [3.8, 4) is 0 Å². The average Bonchev–Trinajstić information content (AvgIpc) is 2.18. The summed E-state index contributed by atoms with van der Waals surface area (Å²) in [6, 6.07) is 4.99. The average molecular weight is 307 g/mol. The van der Waals surface area contributed by atoms with Gasteiger partial charge in [0.15, 0.2) is 0 Å². The normalized spacial score (nSPS) is 15.9. The molecule has 0 spiro atoms. The van der Waals surface area contributed by atoms with Crippen LogP contribution >= 0.6 is 27.5 Å². The van der Waals surface area contributed by atoms with E-state index in [0.717, 1.165) is 10.0 Å². The second-order valence-corrected chi connectivity index (χ2v) is 6.33. The van der Waals surface area contributed by atoms with E-state index in [9.17, 15) is 5.11 Å². The lowest BCUT2D eigenvalue weighted by Gasteiger charge is -2.31. The van der Waals surface area contributed by atoms with Crippen molar-refractivity contribution in [3.05, 3.63) is 33.3 Å². The molecule has 90 valence electrons. The summed E-state index contributed by atoms with van der Waals surface area (Å²) >= 11 is 9.44. The van der Waals surface area contributed by atoms with E-state index in [4.69, 9.17) is 17.3 Å². The van der Waals surface area contributed by atoms with Crippen LogP contribution in [0.25, 0.3) is 0 Å². The van der Waals surface area contributed by atoms with Crippen LogP contribution in [0.2, 0.25) is 5.02 Å². The number of halogens is 2. The third-order valence-electron chi connectivity index (χ3n) is 2.54. The minimum atomic E-state index is -0.640. The first-order chi connectivity index (χ1) is 7.23. The number of nitrogens with two attached hydrogens (primary N) is 1. The minimum Gasteiger partial charge on any atom is -0.391 e. The molecular weight excluding hydrogens is 289 g/mol. The molecule has 0 aliphatic rings. The number of aliphatic hydroxyl groups is 1.